The highest BCUT2D eigenvalue weighted by atomic mass is 35.5. The molecule has 1 aromatic rings. The molecule has 0 unspecified atom stereocenters. The molecule has 0 saturated heterocycles. The van der Waals surface area contributed by atoms with Crippen molar-refractivity contribution in [1.29, 1.82) is 0 Å². The van der Waals surface area contributed by atoms with Crippen molar-refractivity contribution >= 4 is 39.2 Å². The number of carboxylic acids is 1. The van der Waals surface area contributed by atoms with Crippen LogP contribution in [0.4, 0.5) is 4.39 Å². The van der Waals surface area contributed by atoms with Crippen molar-refractivity contribution < 1.29 is 22.7 Å². The summed E-state index contributed by atoms with van der Waals surface area (Å²) in [5.74, 6) is -2.16. The van der Waals surface area contributed by atoms with Crippen LogP contribution < -0.4 is 4.72 Å². The van der Waals surface area contributed by atoms with Gasteiger partial charge in [0.15, 0.2) is 0 Å². The van der Waals surface area contributed by atoms with Crippen LogP contribution in [0.2, 0.25) is 10.0 Å². The Morgan fingerprint density at radius 3 is 2.19 bits per heavy atom. The second-order valence-corrected chi connectivity index (χ2v) is 7.31. The summed E-state index contributed by atoms with van der Waals surface area (Å²) in [6.07, 6.45) is 0.0883. The molecule has 0 heterocycles. The topological polar surface area (TPSA) is 83.5 Å². The van der Waals surface area contributed by atoms with Crippen molar-refractivity contribution in [1.82, 2.24) is 4.72 Å². The SMILES string of the molecule is CC(C)C[C@H](NS(=O)(=O)c1c(Cl)cc(F)cc1Cl)C(=O)O. The summed E-state index contributed by atoms with van der Waals surface area (Å²) >= 11 is 11.4. The molecule has 0 radical (unpaired) electrons. The van der Waals surface area contributed by atoms with E-state index in [0.717, 1.165) is 12.1 Å². The van der Waals surface area contributed by atoms with Gasteiger partial charge in [0.05, 0.1) is 10.0 Å². The van der Waals surface area contributed by atoms with E-state index >= 15 is 0 Å². The molecular weight excluding hydrogens is 344 g/mol. The first-order valence-electron chi connectivity index (χ1n) is 5.94. The van der Waals surface area contributed by atoms with E-state index in [1.54, 1.807) is 13.8 Å². The summed E-state index contributed by atoms with van der Waals surface area (Å²) in [7, 11) is -4.29. The van der Waals surface area contributed by atoms with Gasteiger partial charge in [0, 0.05) is 0 Å². The minimum absolute atomic E-state index is 0.0482. The third kappa shape index (κ3) is 4.81. The van der Waals surface area contributed by atoms with Crippen molar-refractivity contribution in [3.05, 3.63) is 28.0 Å². The maximum Gasteiger partial charge on any atom is 0.321 e. The number of carbonyl (C=O) groups is 1. The fraction of sp³-hybridized carbons (Fsp3) is 0.417. The van der Waals surface area contributed by atoms with Crippen molar-refractivity contribution in [3.63, 3.8) is 0 Å². The smallest absolute Gasteiger partial charge is 0.321 e. The lowest BCUT2D eigenvalue weighted by atomic mass is 10.1. The standard InChI is InChI=1S/C12H14Cl2FNO4S/c1-6(2)3-10(12(17)18)16-21(19,20)11-8(13)4-7(15)5-9(11)14/h4-6,10,16H,3H2,1-2H3,(H,17,18)/t10-/m0/s1. The van der Waals surface area contributed by atoms with E-state index in [1.807, 2.05) is 4.72 Å². The number of halogens is 3. The molecule has 0 saturated carbocycles. The Balaban J connectivity index is 3.20. The van der Waals surface area contributed by atoms with Crippen LogP contribution in [-0.2, 0) is 14.8 Å². The molecule has 0 aliphatic carbocycles. The normalized spacial score (nSPS) is 13.4. The molecule has 5 nitrogen and oxygen atoms in total. The molecule has 0 bridgehead atoms. The predicted molar refractivity (Wildman–Crippen MR) is 77.6 cm³/mol. The van der Waals surface area contributed by atoms with Crippen LogP contribution in [0.3, 0.4) is 0 Å². The van der Waals surface area contributed by atoms with Crippen LogP contribution in [0, 0.1) is 11.7 Å². The highest BCUT2D eigenvalue weighted by Crippen LogP contribution is 2.30. The van der Waals surface area contributed by atoms with E-state index in [2.05, 4.69) is 0 Å². The Bertz CT molecular complexity index is 626. The maximum absolute atomic E-state index is 13.1. The summed E-state index contributed by atoms with van der Waals surface area (Å²) in [5, 5.41) is 8.23. The first-order valence-corrected chi connectivity index (χ1v) is 8.18. The van der Waals surface area contributed by atoms with Gasteiger partial charge >= 0.3 is 5.97 Å². The number of hydrogen-bond donors (Lipinski definition) is 2. The third-order valence-corrected chi connectivity index (χ3v) is 4.93. The molecule has 0 aliphatic rings. The van der Waals surface area contributed by atoms with Gasteiger partial charge in [-0.15, -0.1) is 0 Å². The minimum atomic E-state index is -4.29. The first-order chi connectivity index (χ1) is 9.54. The van der Waals surface area contributed by atoms with Crippen LogP contribution in [0.1, 0.15) is 20.3 Å². The zero-order valence-electron chi connectivity index (χ0n) is 11.2. The second-order valence-electron chi connectivity index (χ2n) is 4.84. The van der Waals surface area contributed by atoms with Gasteiger partial charge in [0.25, 0.3) is 0 Å². The molecule has 0 spiro atoms. The molecule has 1 rings (SSSR count). The van der Waals surface area contributed by atoms with Gasteiger partial charge in [0.1, 0.15) is 16.8 Å². The van der Waals surface area contributed by atoms with Crippen molar-refractivity contribution in [2.45, 2.75) is 31.2 Å². The Labute approximate surface area is 132 Å². The lowest BCUT2D eigenvalue weighted by molar-refractivity contribution is -0.139. The molecule has 0 aliphatic heterocycles. The lowest BCUT2D eigenvalue weighted by Crippen LogP contribution is -2.41. The van der Waals surface area contributed by atoms with Crippen molar-refractivity contribution in [2.24, 2.45) is 5.92 Å². The largest absolute Gasteiger partial charge is 0.480 e. The quantitative estimate of drug-likeness (QED) is 0.819. The highest BCUT2D eigenvalue weighted by Gasteiger charge is 2.29. The van der Waals surface area contributed by atoms with Crippen LogP contribution in [-0.4, -0.2) is 25.5 Å². The Hall–Kier alpha value is -0.890. The van der Waals surface area contributed by atoms with Crippen LogP contribution >= 0.6 is 23.2 Å². The molecule has 0 aromatic heterocycles. The van der Waals surface area contributed by atoms with Crippen LogP contribution in [0.15, 0.2) is 17.0 Å². The van der Waals surface area contributed by atoms with E-state index in [9.17, 15) is 17.6 Å². The predicted octanol–water partition coefficient (Wildman–Crippen LogP) is 2.91. The number of nitrogens with one attached hydrogen (secondary N) is 1. The molecule has 21 heavy (non-hydrogen) atoms. The van der Waals surface area contributed by atoms with Crippen molar-refractivity contribution in [2.75, 3.05) is 0 Å². The molecule has 1 aromatic carbocycles. The molecule has 1 atom stereocenters. The molecule has 2 N–H and O–H groups in total. The van der Waals surface area contributed by atoms with Gasteiger partial charge in [-0.05, 0) is 24.5 Å². The summed E-state index contributed by atoms with van der Waals surface area (Å²) in [6, 6.07) is 0.257. The third-order valence-electron chi connectivity index (χ3n) is 2.53. The van der Waals surface area contributed by atoms with E-state index in [-0.39, 0.29) is 12.3 Å². The summed E-state index contributed by atoms with van der Waals surface area (Å²) in [5.41, 5.74) is 0. The molecule has 0 fully saturated rings. The molecule has 118 valence electrons. The fourth-order valence-electron chi connectivity index (χ4n) is 1.70. The van der Waals surface area contributed by atoms with Gasteiger partial charge in [-0.1, -0.05) is 37.0 Å². The number of rotatable bonds is 6. The van der Waals surface area contributed by atoms with E-state index < -0.39 is 42.8 Å². The average Bonchev–Trinajstić information content (AvgIpc) is 2.24. The molecular formula is C12H14Cl2FNO4S. The van der Waals surface area contributed by atoms with Crippen LogP contribution in [0.25, 0.3) is 0 Å². The van der Waals surface area contributed by atoms with Gasteiger partial charge in [-0.2, -0.15) is 4.72 Å². The van der Waals surface area contributed by atoms with Crippen molar-refractivity contribution in [3.8, 4) is 0 Å². The molecule has 9 heteroatoms. The number of carboxylic acid groups (broad SMARTS) is 1. The number of aliphatic carboxylic acids is 1. The summed E-state index contributed by atoms with van der Waals surface area (Å²) in [6.45, 7) is 3.50. The zero-order chi connectivity index (χ0) is 16.4. The number of sulfonamides is 1. The van der Waals surface area contributed by atoms with Gasteiger partial charge < -0.3 is 5.11 Å². The second kappa shape index (κ2) is 6.91. The first kappa shape index (κ1) is 18.2. The highest BCUT2D eigenvalue weighted by molar-refractivity contribution is 7.89. The monoisotopic (exact) mass is 357 g/mol. The number of hydrogen-bond acceptors (Lipinski definition) is 3. The van der Waals surface area contributed by atoms with Gasteiger partial charge in [0.2, 0.25) is 10.0 Å². The summed E-state index contributed by atoms with van der Waals surface area (Å²) < 4.78 is 39.5. The Morgan fingerprint density at radius 1 is 1.33 bits per heavy atom. The average molecular weight is 358 g/mol. The van der Waals surface area contributed by atoms with E-state index in [1.165, 1.54) is 0 Å². The summed E-state index contributed by atoms with van der Waals surface area (Å²) in [4.78, 5) is 10.6. The Kier molecular flexibility index (Phi) is 5.98. The van der Waals surface area contributed by atoms with E-state index in [0.29, 0.717) is 0 Å². The molecule has 0 amide bonds. The fourth-order valence-corrected chi connectivity index (χ4v) is 4.09. The van der Waals surface area contributed by atoms with E-state index in [4.69, 9.17) is 28.3 Å². The maximum atomic E-state index is 13.1. The number of benzene rings is 1. The van der Waals surface area contributed by atoms with Gasteiger partial charge in [-0.25, -0.2) is 12.8 Å². The van der Waals surface area contributed by atoms with Crippen LogP contribution in [0.5, 0.6) is 0 Å². The Morgan fingerprint density at radius 2 is 1.81 bits per heavy atom. The zero-order valence-corrected chi connectivity index (χ0v) is 13.6. The lowest BCUT2D eigenvalue weighted by Gasteiger charge is -2.17. The van der Waals surface area contributed by atoms with Gasteiger partial charge in [-0.3, -0.25) is 4.79 Å². The minimum Gasteiger partial charge on any atom is -0.480 e.